The number of hydrogen-bond acceptors (Lipinski definition) is 3. The summed E-state index contributed by atoms with van der Waals surface area (Å²) in [5.74, 6) is 0.149. The summed E-state index contributed by atoms with van der Waals surface area (Å²) in [5.41, 5.74) is 2.36. The molecule has 0 saturated heterocycles. The van der Waals surface area contributed by atoms with E-state index in [1.54, 1.807) is 54.0 Å². The second-order valence-electron chi connectivity index (χ2n) is 4.62. The predicted molar refractivity (Wildman–Crippen MR) is 71.8 cm³/mol. The highest BCUT2D eigenvalue weighted by Crippen LogP contribution is 2.13. The van der Waals surface area contributed by atoms with Crippen LogP contribution in [0.4, 0.5) is 0 Å². The fourth-order valence-electron chi connectivity index (χ4n) is 1.95. The van der Waals surface area contributed by atoms with Crippen molar-refractivity contribution in [1.82, 2.24) is 14.7 Å². The topological polar surface area (TPSA) is 58.4 Å². The molecule has 0 aliphatic heterocycles. The highest BCUT2D eigenvalue weighted by Gasteiger charge is 2.16. The molecule has 5 heteroatoms. The maximum Gasteiger partial charge on any atom is 0.272 e. The molecular weight excluding hydrogens is 242 g/mol. The van der Waals surface area contributed by atoms with E-state index >= 15 is 0 Å². The molecule has 1 amide bonds. The van der Waals surface area contributed by atoms with E-state index in [4.69, 9.17) is 0 Å². The minimum Gasteiger partial charge on any atom is -0.508 e. The van der Waals surface area contributed by atoms with Crippen LogP contribution in [0.3, 0.4) is 0 Å². The molecule has 0 bridgehead atoms. The van der Waals surface area contributed by atoms with E-state index < -0.39 is 0 Å². The third-order valence-corrected chi connectivity index (χ3v) is 2.92. The molecular formula is C14H17N3O2. The largest absolute Gasteiger partial charge is 0.508 e. The Kier molecular flexibility index (Phi) is 3.55. The zero-order valence-corrected chi connectivity index (χ0v) is 11.3. The van der Waals surface area contributed by atoms with Crippen LogP contribution in [0.25, 0.3) is 0 Å². The maximum absolute atomic E-state index is 12.3. The molecule has 100 valence electrons. The quantitative estimate of drug-likeness (QED) is 0.912. The van der Waals surface area contributed by atoms with Gasteiger partial charge in [-0.1, -0.05) is 12.1 Å². The highest BCUT2D eigenvalue weighted by atomic mass is 16.3. The van der Waals surface area contributed by atoms with E-state index in [0.717, 1.165) is 11.3 Å². The predicted octanol–water partition coefficient (Wildman–Crippen LogP) is 1.71. The van der Waals surface area contributed by atoms with E-state index in [9.17, 15) is 9.90 Å². The van der Waals surface area contributed by atoms with E-state index in [0.29, 0.717) is 12.2 Å². The lowest BCUT2D eigenvalue weighted by atomic mass is 10.2. The summed E-state index contributed by atoms with van der Waals surface area (Å²) in [5, 5.41) is 13.4. The molecule has 0 radical (unpaired) electrons. The van der Waals surface area contributed by atoms with Crippen molar-refractivity contribution in [3.8, 4) is 5.75 Å². The zero-order chi connectivity index (χ0) is 14.0. The smallest absolute Gasteiger partial charge is 0.272 e. The van der Waals surface area contributed by atoms with Gasteiger partial charge in [0.05, 0.1) is 5.69 Å². The van der Waals surface area contributed by atoms with Crippen molar-refractivity contribution in [2.45, 2.75) is 13.5 Å². The summed E-state index contributed by atoms with van der Waals surface area (Å²) in [6.45, 7) is 2.35. The van der Waals surface area contributed by atoms with Gasteiger partial charge in [0.2, 0.25) is 0 Å². The first-order valence-corrected chi connectivity index (χ1v) is 6.01. The van der Waals surface area contributed by atoms with Crippen LogP contribution in [0.15, 0.2) is 30.3 Å². The number of aromatic hydroxyl groups is 1. The van der Waals surface area contributed by atoms with Crippen molar-refractivity contribution >= 4 is 5.91 Å². The average Bonchev–Trinajstić information content (AvgIpc) is 2.70. The number of aryl methyl sites for hydroxylation is 2. The molecule has 0 spiro atoms. The zero-order valence-electron chi connectivity index (χ0n) is 11.3. The molecule has 2 aromatic rings. The number of phenols is 1. The first-order chi connectivity index (χ1) is 8.97. The lowest BCUT2D eigenvalue weighted by Gasteiger charge is -2.17. The Balaban J connectivity index is 2.11. The minimum absolute atomic E-state index is 0.0730. The summed E-state index contributed by atoms with van der Waals surface area (Å²) in [6.07, 6.45) is 0. The Morgan fingerprint density at radius 3 is 2.53 bits per heavy atom. The molecule has 0 aliphatic rings. The number of benzene rings is 1. The lowest BCUT2D eigenvalue weighted by molar-refractivity contribution is 0.0774. The fourth-order valence-corrected chi connectivity index (χ4v) is 1.95. The highest BCUT2D eigenvalue weighted by molar-refractivity contribution is 5.92. The monoisotopic (exact) mass is 259 g/mol. The van der Waals surface area contributed by atoms with Crippen LogP contribution in [0.1, 0.15) is 21.7 Å². The van der Waals surface area contributed by atoms with Gasteiger partial charge in [-0.15, -0.1) is 0 Å². The summed E-state index contributed by atoms with van der Waals surface area (Å²) in [4.78, 5) is 13.9. The Bertz CT molecular complexity index is 587. The minimum atomic E-state index is -0.0730. The molecule has 1 aromatic heterocycles. The van der Waals surface area contributed by atoms with Crippen molar-refractivity contribution in [3.05, 3.63) is 47.3 Å². The molecule has 0 fully saturated rings. The standard InChI is InChI=1S/C14H17N3O2/c1-10-8-13(17(3)15-10)14(19)16(2)9-11-4-6-12(18)7-5-11/h4-8,18H,9H2,1-3H3. The Hall–Kier alpha value is -2.30. The van der Waals surface area contributed by atoms with Gasteiger partial charge in [-0.3, -0.25) is 9.48 Å². The molecule has 1 heterocycles. The van der Waals surface area contributed by atoms with Crippen LogP contribution >= 0.6 is 0 Å². The molecule has 2 rings (SSSR count). The van der Waals surface area contributed by atoms with Gasteiger partial charge in [0.15, 0.2) is 0 Å². The fraction of sp³-hybridized carbons (Fsp3) is 0.286. The Morgan fingerprint density at radius 1 is 1.37 bits per heavy atom. The van der Waals surface area contributed by atoms with Gasteiger partial charge in [0.1, 0.15) is 11.4 Å². The van der Waals surface area contributed by atoms with Crippen LogP contribution in [-0.2, 0) is 13.6 Å². The summed E-state index contributed by atoms with van der Waals surface area (Å²) >= 11 is 0. The van der Waals surface area contributed by atoms with Crippen molar-refractivity contribution in [2.24, 2.45) is 7.05 Å². The van der Waals surface area contributed by atoms with E-state index in [1.165, 1.54) is 0 Å². The van der Waals surface area contributed by atoms with Gasteiger partial charge in [-0.05, 0) is 30.7 Å². The van der Waals surface area contributed by atoms with Crippen LogP contribution in [0, 0.1) is 6.92 Å². The van der Waals surface area contributed by atoms with Gasteiger partial charge in [0, 0.05) is 20.6 Å². The third-order valence-electron chi connectivity index (χ3n) is 2.92. The van der Waals surface area contributed by atoms with E-state index in [-0.39, 0.29) is 11.7 Å². The number of aromatic nitrogens is 2. The van der Waals surface area contributed by atoms with Crippen molar-refractivity contribution < 1.29 is 9.90 Å². The van der Waals surface area contributed by atoms with E-state index in [2.05, 4.69) is 5.10 Å². The number of amides is 1. The summed E-state index contributed by atoms with van der Waals surface area (Å²) < 4.78 is 1.59. The van der Waals surface area contributed by atoms with Crippen molar-refractivity contribution in [3.63, 3.8) is 0 Å². The summed E-state index contributed by atoms with van der Waals surface area (Å²) in [6, 6.07) is 8.60. The molecule has 5 nitrogen and oxygen atoms in total. The Morgan fingerprint density at radius 2 is 2.00 bits per heavy atom. The second kappa shape index (κ2) is 5.14. The summed E-state index contributed by atoms with van der Waals surface area (Å²) in [7, 11) is 3.51. The number of hydrogen-bond donors (Lipinski definition) is 1. The SMILES string of the molecule is Cc1cc(C(=O)N(C)Cc2ccc(O)cc2)n(C)n1. The number of phenolic OH excluding ortho intramolecular Hbond substituents is 1. The molecule has 1 N–H and O–H groups in total. The Labute approximate surface area is 112 Å². The molecule has 19 heavy (non-hydrogen) atoms. The first kappa shape index (κ1) is 13.1. The molecule has 1 aromatic carbocycles. The van der Waals surface area contributed by atoms with Gasteiger partial charge in [-0.2, -0.15) is 5.10 Å². The average molecular weight is 259 g/mol. The van der Waals surface area contributed by atoms with Crippen molar-refractivity contribution in [2.75, 3.05) is 7.05 Å². The third kappa shape index (κ3) is 2.93. The number of nitrogens with zero attached hydrogens (tertiary/aromatic N) is 3. The lowest BCUT2D eigenvalue weighted by Crippen LogP contribution is -2.28. The second-order valence-corrected chi connectivity index (χ2v) is 4.62. The number of carbonyl (C=O) groups excluding carboxylic acids is 1. The van der Waals surface area contributed by atoms with Gasteiger partial charge >= 0.3 is 0 Å². The number of rotatable bonds is 3. The van der Waals surface area contributed by atoms with Crippen LogP contribution < -0.4 is 0 Å². The first-order valence-electron chi connectivity index (χ1n) is 6.01. The molecule has 0 unspecified atom stereocenters. The maximum atomic E-state index is 12.3. The van der Waals surface area contributed by atoms with Crippen molar-refractivity contribution in [1.29, 1.82) is 0 Å². The van der Waals surface area contributed by atoms with Gasteiger partial charge in [-0.25, -0.2) is 0 Å². The molecule has 0 aliphatic carbocycles. The molecule has 0 atom stereocenters. The van der Waals surface area contributed by atoms with Crippen LogP contribution in [0.2, 0.25) is 0 Å². The van der Waals surface area contributed by atoms with Crippen LogP contribution in [-0.4, -0.2) is 32.7 Å². The van der Waals surface area contributed by atoms with Crippen LogP contribution in [0.5, 0.6) is 5.75 Å². The molecule has 0 saturated carbocycles. The van der Waals surface area contributed by atoms with Gasteiger partial charge < -0.3 is 10.0 Å². The normalized spacial score (nSPS) is 10.5. The number of carbonyl (C=O) groups is 1. The van der Waals surface area contributed by atoms with E-state index in [1.807, 2.05) is 6.92 Å². The van der Waals surface area contributed by atoms with Gasteiger partial charge in [0.25, 0.3) is 5.91 Å².